The molecule has 4 atom stereocenters. The van der Waals surface area contributed by atoms with Crippen molar-refractivity contribution >= 4 is 23.9 Å². The molecule has 1 aliphatic rings. The first kappa shape index (κ1) is 34.1. The number of carbonyl (C=O) groups excluding carboxylic acids is 4. The van der Waals surface area contributed by atoms with Gasteiger partial charge < -0.3 is 25.8 Å². The van der Waals surface area contributed by atoms with Crippen LogP contribution >= 0.6 is 0 Å². The van der Waals surface area contributed by atoms with Gasteiger partial charge in [-0.2, -0.15) is 0 Å². The van der Waals surface area contributed by atoms with Crippen molar-refractivity contribution in [3.05, 3.63) is 72.0 Å². The van der Waals surface area contributed by atoms with E-state index in [4.69, 9.17) is 15.2 Å². The van der Waals surface area contributed by atoms with E-state index in [2.05, 4.69) is 10.6 Å². The van der Waals surface area contributed by atoms with Crippen LogP contribution in [0, 0.1) is 11.3 Å². The van der Waals surface area contributed by atoms with Crippen molar-refractivity contribution < 1.29 is 28.7 Å². The highest BCUT2D eigenvalue weighted by Crippen LogP contribution is 2.22. The van der Waals surface area contributed by atoms with E-state index in [-0.39, 0.29) is 23.9 Å². The Morgan fingerprint density at radius 3 is 2.42 bits per heavy atom. The van der Waals surface area contributed by atoms with Crippen molar-refractivity contribution in [2.24, 2.45) is 17.1 Å². The number of carbonyl (C=O) groups is 4. The summed E-state index contributed by atoms with van der Waals surface area (Å²) in [6.07, 6.45) is 17.4. The molecular formula is C31H45N3O6. The molecule has 220 valence electrons. The lowest BCUT2D eigenvalue weighted by atomic mass is 9.86. The zero-order valence-electron chi connectivity index (χ0n) is 24.7. The first-order chi connectivity index (χ1) is 18.7. The van der Waals surface area contributed by atoms with Crippen LogP contribution in [0.15, 0.2) is 72.0 Å². The number of hydrogen-bond acceptors (Lipinski definition) is 6. The van der Waals surface area contributed by atoms with Crippen molar-refractivity contribution in [2.75, 3.05) is 0 Å². The molecule has 1 aliphatic heterocycles. The zero-order valence-corrected chi connectivity index (χ0v) is 24.7. The van der Waals surface area contributed by atoms with E-state index in [1.165, 1.54) is 12.3 Å². The van der Waals surface area contributed by atoms with Gasteiger partial charge in [0.15, 0.2) is 0 Å². The van der Waals surface area contributed by atoms with Gasteiger partial charge in [0.1, 0.15) is 18.2 Å². The summed E-state index contributed by atoms with van der Waals surface area (Å²) in [7, 11) is 0. The molecule has 0 spiro atoms. The molecule has 0 radical (unpaired) electrons. The third-order valence-corrected chi connectivity index (χ3v) is 6.14. The average Bonchev–Trinajstić information content (AvgIpc) is 2.86. The van der Waals surface area contributed by atoms with Gasteiger partial charge in [0, 0.05) is 36.8 Å². The minimum absolute atomic E-state index is 0.0417. The van der Waals surface area contributed by atoms with E-state index in [0.29, 0.717) is 24.8 Å². The van der Waals surface area contributed by atoms with Gasteiger partial charge in [-0.15, -0.1) is 0 Å². The SMILES string of the molecule is C/C=C\C[C@@H](C/C=C\NC(=O)[C@@H](NC(=O)\C=C/C=C\C(C)=C\[C@H](C)[C@@H]1CC=C(C)C(=O)O1)C(C)(C)C)OC(N)=O. The van der Waals surface area contributed by atoms with Crippen LogP contribution in [0.3, 0.4) is 0 Å². The maximum absolute atomic E-state index is 12.8. The molecular weight excluding hydrogens is 510 g/mol. The second-order valence-corrected chi connectivity index (χ2v) is 10.9. The number of primary amides is 1. The van der Waals surface area contributed by atoms with Gasteiger partial charge in [-0.3, -0.25) is 9.59 Å². The van der Waals surface area contributed by atoms with E-state index in [1.807, 2.05) is 71.9 Å². The number of hydrogen-bond donors (Lipinski definition) is 3. The maximum Gasteiger partial charge on any atom is 0.404 e. The highest BCUT2D eigenvalue weighted by Gasteiger charge is 2.32. The Labute approximate surface area is 238 Å². The highest BCUT2D eigenvalue weighted by molar-refractivity contribution is 5.93. The predicted octanol–water partition coefficient (Wildman–Crippen LogP) is 4.92. The lowest BCUT2D eigenvalue weighted by Gasteiger charge is -2.29. The summed E-state index contributed by atoms with van der Waals surface area (Å²) in [5.41, 5.74) is 6.17. The second-order valence-electron chi connectivity index (χ2n) is 10.9. The van der Waals surface area contributed by atoms with Crippen LogP contribution in [0.1, 0.15) is 67.7 Å². The molecule has 1 rings (SSSR count). The van der Waals surface area contributed by atoms with Gasteiger partial charge in [0.05, 0.1) is 0 Å². The topological polar surface area (TPSA) is 137 Å². The van der Waals surface area contributed by atoms with Crippen LogP contribution in [-0.2, 0) is 23.9 Å². The standard InChI is InChI=1S/C31H45N3O6/c1-8-9-14-24(39-30(32)38)15-12-19-33-28(36)27(31(5,6)7)34-26(35)16-11-10-13-21(2)20-23(4)25-18-17-22(3)29(37)40-25/h8-13,16-17,19-20,23-25,27H,14-15,18H2,1-7H3,(H2,32,38)(H,33,36)(H,34,35)/b9-8-,13-10-,16-11-,19-12-,21-20+/t23-,24-,25-,27+/m0/s1. The van der Waals surface area contributed by atoms with E-state index >= 15 is 0 Å². The monoisotopic (exact) mass is 555 g/mol. The number of amides is 3. The van der Waals surface area contributed by atoms with Crippen LogP contribution in [0.2, 0.25) is 0 Å². The number of nitrogens with one attached hydrogen (secondary N) is 2. The minimum atomic E-state index is -0.856. The summed E-state index contributed by atoms with van der Waals surface area (Å²) in [4.78, 5) is 48.2. The smallest absolute Gasteiger partial charge is 0.404 e. The lowest BCUT2D eigenvalue weighted by Crippen LogP contribution is -2.52. The Hall–Kier alpha value is -3.88. The molecule has 0 saturated carbocycles. The number of allylic oxidation sites excluding steroid dienone is 5. The normalized spacial score (nSPS) is 19.0. The van der Waals surface area contributed by atoms with Crippen molar-refractivity contribution in [1.82, 2.24) is 10.6 Å². The quantitative estimate of drug-likeness (QED) is 0.128. The number of esters is 1. The first-order valence-electron chi connectivity index (χ1n) is 13.5. The molecule has 0 aromatic carbocycles. The Bertz CT molecular complexity index is 1080. The summed E-state index contributed by atoms with van der Waals surface area (Å²) in [5.74, 6) is -1.01. The van der Waals surface area contributed by atoms with E-state index in [0.717, 1.165) is 5.57 Å². The fourth-order valence-corrected chi connectivity index (χ4v) is 3.86. The van der Waals surface area contributed by atoms with Crippen molar-refractivity contribution in [3.63, 3.8) is 0 Å². The molecule has 0 unspecified atom stereocenters. The number of nitrogens with two attached hydrogens (primary N) is 1. The third-order valence-electron chi connectivity index (χ3n) is 6.14. The van der Waals surface area contributed by atoms with Gasteiger partial charge in [0.2, 0.25) is 11.8 Å². The van der Waals surface area contributed by atoms with Crippen molar-refractivity contribution in [3.8, 4) is 0 Å². The zero-order chi connectivity index (χ0) is 30.3. The summed E-state index contributed by atoms with van der Waals surface area (Å²) in [6, 6.07) is -0.794. The van der Waals surface area contributed by atoms with Crippen LogP contribution in [0.4, 0.5) is 4.79 Å². The summed E-state index contributed by atoms with van der Waals surface area (Å²) in [5, 5.41) is 5.45. The number of ether oxygens (including phenoxy) is 2. The molecule has 3 amide bonds. The Morgan fingerprint density at radius 2 is 1.82 bits per heavy atom. The van der Waals surface area contributed by atoms with Gasteiger partial charge >= 0.3 is 12.1 Å². The van der Waals surface area contributed by atoms with Crippen LogP contribution in [0.5, 0.6) is 0 Å². The summed E-state index contributed by atoms with van der Waals surface area (Å²) in [6.45, 7) is 13.1. The average molecular weight is 556 g/mol. The first-order valence-corrected chi connectivity index (χ1v) is 13.5. The lowest BCUT2D eigenvalue weighted by molar-refractivity contribution is -0.147. The predicted molar refractivity (Wildman–Crippen MR) is 157 cm³/mol. The molecule has 0 aromatic heterocycles. The van der Waals surface area contributed by atoms with E-state index in [1.54, 1.807) is 25.2 Å². The molecule has 0 aromatic rings. The van der Waals surface area contributed by atoms with E-state index < -0.39 is 29.6 Å². The molecule has 0 bridgehead atoms. The minimum Gasteiger partial charge on any atom is -0.458 e. The molecule has 0 saturated heterocycles. The van der Waals surface area contributed by atoms with Crippen LogP contribution in [0.25, 0.3) is 0 Å². The molecule has 0 aliphatic carbocycles. The second kappa shape index (κ2) is 16.9. The van der Waals surface area contributed by atoms with Crippen molar-refractivity contribution in [1.29, 1.82) is 0 Å². The molecule has 9 heteroatoms. The summed E-state index contributed by atoms with van der Waals surface area (Å²) >= 11 is 0. The van der Waals surface area contributed by atoms with Crippen LogP contribution < -0.4 is 16.4 Å². The van der Waals surface area contributed by atoms with Gasteiger partial charge in [0.25, 0.3) is 0 Å². The molecule has 4 N–H and O–H groups in total. The Balaban J connectivity index is 2.68. The summed E-state index contributed by atoms with van der Waals surface area (Å²) < 4.78 is 10.5. The Morgan fingerprint density at radius 1 is 1.18 bits per heavy atom. The van der Waals surface area contributed by atoms with Crippen LogP contribution in [-0.4, -0.2) is 42.1 Å². The molecule has 40 heavy (non-hydrogen) atoms. The van der Waals surface area contributed by atoms with E-state index in [9.17, 15) is 19.2 Å². The Kier molecular flexibility index (Phi) is 14.5. The molecule has 0 fully saturated rings. The highest BCUT2D eigenvalue weighted by atomic mass is 16.6. The maximum atomic E-state index is 12.8. The van der Waals surface area contributed by atoms with Gasteiger partial charge in [-0.25, -0.2) is 9.59 Å². The van der Waals surface area contributed by atoms with Crippen molar-refractivity contribution in [2.45, 2.75) is 86.0 Å². The molecule has 1 heterocycles. The third kappa shape index (κ3) is 13.3. The number of rotatable bonds is 13. The largest absolute Gasteiger partial charge is 0.458 e. The number of cyclic esters (lactones) is 1. The fourth-order valence-electron chi connectivity index (χ4n) is 3.86. The fraction of sp³-hybridized carbons (Fsp3) is 0.484. The van der Waals surface area contributed by atoms with Gasteiger partial charge in [-0.1, -0.05) is 81.9 Å². The molecule has 9 nitrogen and oxygen atoms in total. The van der Waals surface area contributed by atoms with Gasteiger partial charge in [-0.05, 0) is 32.4 Å².